The summed E-state index contributed by atoms with van der Waals surface area (Å²) in [4.78, 5) is 21.7. The Labute approximate surface area is 190 Å². The van der Waals surface area contributed by atoms with Crippen molar-refractivity contribution in [3.63, 3.8) is 0 Å². The molecule has 6 nitrogen and oxygen atoms in total. The maximum atomic E-state index is 12.7. The minimum atomic E-state index is 0.256. The van der Waals surface area contributed by atoms with Gasteiger partial charge in [0, 0.05) is 55.9 Å². The second-order valence-electron chi connectivity index (χ2n) is 8.92. The quantitative estimate of drug-likeness (QED) is 0.653. The number of hydrogen-bond acceptors (Lipinski definition) is 4. The van der Waals surface area contributed by atoms with Gasteiger partial charge in [-0.25, -0.2) is 0 Å². The number of aromatic nitrogens is 1. The first kappa shape index (κ1) is 22.1. The molecule has 0 radical (unpaired) electrons. The monoisotopic (exact) mass is 432 g/mol. The molecule has 1 aromatic carbocycles. The van der Waals surface area contributed by atoms with Gasteiger partial charge in [-0.3, -0.25) is 15.2 Å². The number of benzene rings is 1. The maximum absolute atomic E-state index is 12.7. The number of aryl methyl sites for hydroxylation is 2. The maximum Gasteiger partial charge on any atom is 0.222 e. The van der Waals surface area contributed by atoms with Crippen LogP contribution in [0.25, 0.3) is 5.57 Å². The van der Waals surface area contributed by atoms with Gasteiger partial charge in [-0.1, -0.05) is 12.1 Å². The van der Waals surface area contributed by atoms with E-state index in [9.17, 15) is 4.79 Å². The van der Waals surface area contributed by atoms with Gasteiger partial charge in [0.05, 0.1) is 5.57 Å². The van der Waals surface area contributed by atoms with E-state index < -0.39 is 0 Å². The lowest BCUT2D eigenvalue weighted by Gasteiger charge is -2.34. The van der Waals surface area contributed by atoms with Gasteiger partial charge in [-0.2, -0.15) is 0 Å². The van der Waals surface area contributed by atoms with Gasteiger partial charge >= 0.3 is 0 Å². The third-order valence-corrected chi connectivity index (χ3v) is 6.75. The second-order valence-corrected chi connectivity index (χ2v) is 8.92. The number of piperidine rings is 1. The Balaban J connectivity index is 1.27. The Hall–Kier alpha value is -3.15. The summed E-state index contributed by atoms with van der Waals surface area (Å²) < 4.78 is 0. The third kappa shape index (κ3) is 5.01. The number of allylic oxidation sites excluding steroid dienone is 1. The van der Waals surface area contributed by atoms with Crippen LogP contribution in [0.4, 0.5) is 5.69 Å². The van der Waals surface area contributed by atoms with E-state index in [2.05, 4.69) is 28.1 Å². The van der Waals surface area contributed by atoms with Crippen LogP contribution in [0.3, 0.4) is 0 Å². The molecular weight excluding hydrogens is 398 g/mol. The lowest BCUT2D eigenvalue weighted by molar-refractivity contribution is -0.132. The number of fused-ring (bicyclic) bond motifs is 1. The molecule has 1 saturated heterocycles. The normalized spacial score (nSPS) is 16.8. The van der Waals surface area contributed by atoms with Crippen molar-refractivity contribution >= 4 is 23.4 Å². The molecule has 2 aliphatic heterocycles. The Bertz CT molecular complexity index is 1010. The van der Waals surface area contributed by atoms with Crippen molar-refractivity contribution in [2.75, 3.05) is 31.1 Å². The molecule has 1 aromatic heterocycles. The molecule has 3 heterocycles. The molecule has 1 fully saturated rings. The minimum Gasteiger partial charge on any atom is -0.404 e. The first-order valence-corrected chi connectivity index (χ1v) is 11.6. The molecule has 0 atom stereocenters. The summed E-state index contributed by atoms with van der Waals surface area (Å²) in [5, 5.41) is 5.68. The SMILES string of the molecule is Cc1cccc(CCC(=O)N2CCC(CN3CCc4cc(/C(C=[NH2+])=C/N)ccc43)CC2)n1. The Morgan fingerprint density at radius 1 is 1.22 bits per heavy atom. The standard InChI is InChI=1S/C26H33N5O/c1-19-3-2-4-24(29-19)6-8-26(32)30-12-9-20(10-13-30)18-31-14-11-22-15-21(5-7-25(22)31)23(16-27)17-28/h2-5,7,15-17,20,27H,6,8-14,18,28H2,1H3/p+1/b23-17+,27-16?. The second kappa shape index (κ2) is 9.98. The molecule has 32 heavy (non-hydrogen) atoms. The molecule has 6 heteroatoms. The fourth-order valence-corrected chi connectivity index (χ4v) is 4.90. The molecule has 0 bridgehead atoms. The lowest BCUT2D eigenvalue weighted by Crippen LogP contribution is -2.41. The Morgan fingerprint density at radius 2 is 2.03 bits per heavy atom. The lowest BCUT2D eigenvalue weighted by atomic mass is 9.95. The number of hydrogen-bond donors (Lipinski definition) is 2. The number of nitrogens with zero attached hydrogens (tertiary/aromatic N) is 3. The van der Waals surface area contributed by atoms with Gasteiger partial charge in [0.1, 0.15) is 0 Å². The molecule has 0 aliphatic carbocycles. The average Bonchev–Trinajstić information content (AvgIpc) is 3.21. The molecule has 0 spiro atoms. The van der Waals surface area contributed by atoms with Gasteiger partial charge in [-0.05, 0) is 73.9 Å². The van der Waals surface area contributed by atoms with Crippen molar-refractivity contribution in [2.24, 2.45) is 11.7 Å². The molecule has 168 valence electrons. The largest absolute Gasteiger partial charge is 0.404 e. The Kier molecular flexibility index (Phi) is 6.88. The molecule has 0 saturated carbocycles. The van der Waals surface area contributed by atoms with Crippen LogP contribution in [0, 0.1) is 12.8 Å². The molecule has 1 amide bonds. The van der Waals surface area contributed by atoms with Crippen LogP contribution < -0.4 is 16.0 Å². The highest BCUT2D eigenvalue weighted by atomic mass is 16.2. The van der Waals surface area contributed by atoms with Crippen molar-refractivity contribution in [2.45, 2.75) is 39.0 Å². The van der Waals surface area contributed by atoms with Gasteiger partial charge in [0.15, 0.2) is 6.21 Å². The first-order chi connectivity index (χ1) is 15.6. The van der Waals surface area contributed by atoms with Crippen LogP contribution in [0.5, 0.6) is 0 Å². The van der Waals surface area contributed by atoms with E-state index in [0.717, 1.165) is 74.4 Å². The van der Waals surface area contributed by atoms with Crippen LogP contribution in [0.2, 0.25) is 0 Å². The zero-order chi connectivity index (χ0) is 22.5. The molecule has 2 aromatic rings. The topological polar surface area (TPSA) is 88.0 Å². The highest BCUT2D eigenvalue weighted by molar-refractivity contribution is 6.06. The van der Waals surface area contributed by atoms with Gasteiger partial charge in [0.25, 0.3) is 0 Å². The number of likely N-dealkylation sites (tertiary alicyclic amines) is 1. The van der Waals surface area contributed by atoms with Crippen LogP contribution in [0.1, 0.15) is 41.8 Å². The number of anilines is 1. The molecular formula is C26H34N5O+. The third-order valence-electron chi connectivity index (χ3n) is 6.75. The van der Waals surface area contributed by atoms with Crippen molar-refractivity contribution in [1.82, 2.24) is 9.88 Å². The van der Waals surface area contributed by atoms with E-state index >= 15 is 0 Å². The van der Waals surface area contributed by atoms with Gasteiger partial charge in [0.2, 0.25) is 5.91 Å². The molecule has 4 rings (SSSR count). The summed E-state index contributed by atoms with van der Waals surface area (Å²) in [6.45, 7) is 5.82. The summed E-state index contributed by atoms with van der Waals surface area (Å²) in [6.07, 6.45) is 7.57. The fraction of sp³-hybridized carbons (Fsp3) is 0.423. The van der Waals surface area contributed by atoms with Crippen LogP contribution >= 0.6 is 0 Å². The summed E-state index contributed by atoms with van der Waals surface area (Å²) in [5.74, 6) is 0.881. The highest BCUT2D eigenvalue weighted by Crippen LogP contribution is 2.32. The predicted molar refractivity (Wildman–Crippen MR) is 129 cm³/mol. The van der Waals surface area contributed by atoms with Crippen LogP contribution in [0.15, 0.2) is 42.6 Å². The van der Waals surface area contributed by atoms with E-state index in [4.69, 9.17) is 11.1 Å². The number of nitrogens with two attached hydrogens (primary N) is 2. The van der Waals surface area contributed by atoms with Gasteiger partial charge in [-0.15, -0.1) is 0 Å². The fourth-order valence-electron chi connectivity index (χ4n) is 4.90. The number of carbonyl (C=O) groups is 1. The van der Waals surface area contributed by atoms with Crippen LogP contribution in [-0.4, -0.2) is 48.2 Å². The van der Waals surface area contributed by atoms with E-state index in [1.165, 1.54) is 11.3 Å². The van der Waals surface area contributed by atoms with Crippen molar-refractivity contribution < 1.29 is 10.2 Å². The minimum absolute atomic E-state index is 0.256. The molecule has 4 N–H and O–H groups in total. The van der Waals surface area contributed by atoms with E-state index in [0.29, 0.717) is 12.3 Å². The summed E-state index contributed by atoms with van der Waals surface area (Å²) in [7, 11) is 0. The first-order valence-electron chi connectivity index (χ1n) is 11.6. The number of rotatable bonds is 7. The Morgan fingerprint density at radius 3 is 2.75 bits per heavy atom. The van der Waals surface area contributed by atoms with Crippen molar-refractivity contribution in [1.29, 1.82) is 0 Å². The zero-order valence-electron chi connectivity index (χ0n) is 19.0. The smallest absolute Gasteiger partial charge is 0.222 e. The van der Waals surface area contributed by atoms with Crippen molar-refractivity contribution in [3.05, 3.63) is 65.1 Å². The summed E-state index contributed by atoms with van der Waals surface area (Å²) in [6, 6.07) is 12.5. The summed E-state index contributed by atoms with van der Waals surface area (Å²) >= 11 is 0. The van der Waals surface area contributed by atoms with E-state index in [1.807, 2.05) is 30.0 Å². The zero-order valence-corrected chi connectivity index (χ0v) is 19.0. The van der Waals surface area contributed by atoms with E-state index in [-0.39, 0.29) is 5.91 Å². The molecule has 0 unspecified atom stereocenters. The highest BCUT2D eigenvalue weighted by Gasteiger charge is 2.27. The number of carbonyl (C=O) groups excluding carboxylic acids is 1. The average molecular weight is 433 g/mol. The number of amides is 1. The number of pyridine rings is 1. The predicted octanol–water partition coefficient (Wildman–Crippen LogP) is 1.75. The molecule has 2 aliphatic rings. The van der Waals surface area contributed by atoms with Crippen LogP contribution in [-0.2, 0) is 17.6 Å². The summed E-state index contributed by atoms with van der Waals surface area (Å²) in [5.41, 5.74) is 12.3. The van der Waals surface area contributed by atoms with E-state index in [1.54, 1.807) is 12.4 Å². The van der Waals surface area contributed by atoms with Gasteiger partial charge < -0.3 is 15.5 Å². The van der Waals surface area contributed by atoms with Crippen molar-refractivity contribution in [3.8, 4) is 0 Å².